The number of nitrogens with zero attached hydrogens (tertiary/aromatic N) is 2. The van der Waals surface area contributed by atoms with Gasteiger partial charge in [0.2, 0.25) is 0 Å². The smallest absolute Gasteiger partial charge is 0.333 e. The molecular formula is C61H49BN2O3. The molecule has 1 aliphatic carbocycles. The number of benzene rings is 8. The summed E-state index contributed by atoms with van der Waals surface area (Å²) in [5.41, 5.74) is 21.9. The Hall–Kier alpha value is -7.18. The lowest BCUT2D eigenvalue weighted by Crippen LogP contribution is -2.60. The fraction of sp³-hybridized carbons (Fsp3) is 0.213. The van der Waals surface area contributed by atoms with Gasteiger partial charge in [-0.2, -0.15) is 0 Å². The van der Waals surface area contributed by atoms with E-state index in [2.05, 4.69) is 192 Å². The van der Waals surface area contributed by atoms with Crippen molar-refractivity contribution in [2.75, 3.05) is 4.81 Å². The van der Waals surface area contributed by atoms with E-state index in [-0.39, 0.29) is 23.1 Å². The molecule has 3 aliphatic rings. The minimum absolute atomic E-state index is 0.00874. The van der Waals surface area contributed by atoms with E-state index in [9.17, 15) is 0 Å². The Balaban J connectivity index is 1.11. The summed E-state index contributed by atoms with van der Waals surface area (Å²) in [7, 11) is 0. The Labute approximate surface area is 388 Å². The highest BCUT2D eigenvalue weighted by Crippen LogP contribution is 2.52. The number of hydrogen-bond donors (Lipinski definition) is 0. The molecule has 0 spiro atoms. The zero-order valence-electron chi connectivity index (χ0n) is 39.2. The molecule has 5 nitrogen and oxygen atoms in total. The Bertz CT molecular complexity index is 4220. The van der Waals surface area contributed by atoms with Gasteiger partial charge in [-0.1, -0.05) is 109 Å². The lowest BCUT2D eigenvalue weighted by atomic mass is 9.43. The van der Waals surface area contributed by atoms with Crippen molar-refractivity contribution in [3.8, 4) is 16.8 Å². The first-order chi connectivity index (χ1) is 32.2. The Kier molecular flexibility index (Phi) is 6.93. The maximum absolute atomic E-state index is 7.05. The molecule has 0 radical (unpaired) electrons. The highest BCUT2D eigenvalue weighted by atomic mass is 16.3. The Morgan fingerprint density at radius 2 is 1.10 bits per heavy atom. The van der Waals surface area contributed by atoms with Crippen molar-refractivity contribution in [2.45, 2.75) is 84.5 Å². The van der Waals surface area contributed by atoms with E-state index in [1.165, 1.54) is 71.7 Å². The van der Waals surface area contributed by atoms with Crippen LogP contribution in [0.1, 0.15) is 83.6 Å². The van der Waals surface area contributed by atoms with Crippen molar-refractivity contribution in [1.29, 1.82) is 0 Å². The van der Waals surface area contributed by atoms with Gasteiger partial charge in [0.15, 0.2) is 0 Å². The van der Waals surface area contributed by atoms with Crippen molar-refractivity contribution in [2.24, 2.45) is 0 Å². The SMILES string of the molecule is Cc1cc2c3c4c1c1cc5oc6ccccc6c5cc1n4-c1cc4oc5ccccc5c4cc1B3N(c1ccc(C(C)(C)C)cc1)c1cc3c(cc1-2)oc1cc2c(cc13)C(C)(C)CCC2(C)C. The van der Waals surface area contributed by atoms with Crippen LogP contribution < -0.4 is 15.7 Å². The number of aryl methyl sites for hydroxylation is 1. The number of fused-ring (bicyclic) bond motifs is 18. The van der Waals surface area contributed by atoms with Crippen molar-refractivity contribution in [3.05, 3.63) is 150 Å². The number of furan rings is 3. The second kappa shape index (κ2) is 12.2. The third-order valence-electron chi connectivity index (χ3n) is 16.5. The van der Waals surface area contributed by atoms with Crippen LogP contribution in [0.25, 0.3) is 104 Å². The molecule has 4 aromatic heterocycles. The molecule has 2 aliphatic heterocycles. The van der Waals surface area contributed by atoms with E-state index in [0.717, 1.165) is 90.2 Å². The number of aromatic nitrogens is 1. The first-order valence-electron chi connectivity index (χ1n) is 24.1. The van der Waals surface area contributed by atoms with Crippen molar-refractivity contribution in [1.82, 2.24) is 4.57 Å². The van der Waals surface area contributed by atoms with E-state index >= 15 is 0 Å². The third kappa shape index (κ3) is 4.85. The van der Waals surface area contributed by atoms with Crippen molar-refractivity contribution >= 4 is 117 Å². The predicted octanol–water partition coefficient (Wildman–Crippen LogP) is 15.7. The lowest BCUT2D eigenvalue weighted by molar-refractivity contribution is 0.332. The van der Waals surface area contributed by atoms with Gasteiger partial charge in [-0.15, -0.1) is 0 Å². The molecule has 6 heteroatoms. The zero-order chi connectivity index (χ0) is 45.2. The van der Waals surface area contributed by atoms with Crippen molar-refractivity contribution < 1.29 is 13.3 Å². The molecule has 324 valence electrons. The summed E-state index contributed by atoms with van der Waals surface area (Å²) < 4.78 is 23.0. The first kappa shape index (κ1) is 38.0. The molecule has 15 rings (SSSR count). The molecule has 6 heterocycles. The maximum Gasteiger partial charge on any atom is 0.333 e. The van der Waals surface area contributed by atoms with Gasteiger partial charge in [-0.25, -0.2) is 0 Å². The second-order valence-electron chi connectivity index (χ2n) is 22.4. The summed E-state index contributed by atoms with van der Waals surface area (Å²) in [6, 6.07) is 47.8. The van der Waals surface area contributed by atoms with E-state index in [4.69, 9.17) is 13.3 Å². The van der Waals surface area contributed by atoms with Gasteiger partial charge >= 0.3 is 6.85 Å². The summed E-state index contributed by atoms with van der Waals surface area (Å²) in [5, 5.41) is 9.29. The summed E-state index contributed by atoms with van der Waals surface area (Å²) in [6.45, 7) is 18.6. The average Bonchev–Trinajstić information content (AvgIpc) is 4.06. The van der Waals surface area contributed by atoms with Gasteiger partial charge in [0.05, 0.1) is 11.0 Å². The molecule has 0 unspecified atom stereocenters. The quantitative estimate of drug-likeness (QED) is 0.154. The Morgan fingerprint density at radius 3 is 1.81 bits per heavy atom. The summed E-state index contributed by atoms with van der Waals surface area (Å²) in [6.07, 6.45) is 2.32. The molecule has 67 heavy (non-hydrogen) atoms. The lowest BCUT2D eigenvalue weighted by Gasteiger charge is -2.42. The van der Waals surface area contributed by atoms with Gasteiger partial charge in [0.25, 0.3) is 0 Å². The van der Waals surface area contributed by atoms with Crippen molar-refractivity contribution in [3.63, 3.8) is 0 Å². The first-order valence-corrected chi connectivity index (χ1v) is 24.1. The Morgan fingerprint density at radius 1 is 0.522 bits per heavy atom. The fourth-order valence-electron chi connectivity index (χ4n) is 12.9. The minimum Gasteiger partial charge on any atom is -0.456 e. The van der Waals surface area contributed by atoms with Crippen LogP contribution in [0.3, 0.4) is 0 Å². The van der Waals surface area contributed by atoms with Gasteiger partial charge in [0, 0.05) is 71.8 Å². The molecule has 12 aromatic rings. The van der Waals surface area contributed by atoms with Gasteiger partial charge in [-0.3, -0.25) is 0 Å². The van der Waals surface area contributed by atoms with E-state index in [1.807, 2.05) is 0 Å². The number of para-hydroxylation sites is 2. The van der Waals surface area contributed by atoms with Crippen LogP contribution in [0.4, 0.5) is 11.4 Å². The topological polar surface area (TPSA) is 47.6 Å². The number of rotatable bonds is 1. The third-order valence-corrected chi connectivity index (χ3v) is 16.5. The molecule has 0 amide bonds. The van der Waals surface area contributed by atoms with E-state index in [0.29, 0.717) is 0 Å². The molecule has 0 saturated heterocycles. The summed E-state index contributed by atoms with van der Waals surface area (Å²) in [5.74, 6) is 0. The van der Waals surface area contributed by atoms with Gasteiger partial charge in [-0.05, 0) is 135 Å². The highest BCUT2D eigenvalue weighted by Gasteiger charge is 2.46. The molecule has 0 atom stereocenters. The van der Waals surface area contributed by atoms with Crippen LogP contribution in [-0.4, -0.2) is 11.4 Å². The molecule has 8 aromatic carbocycles. The van der Waals surface area contributed by atoms with Gasteiger partial charge < -0.3 is 22.6 Å². The zero-order valence-corrected chi connectivity index (χ0v) is 39.2. The predicted molar refractivity (Wildman–Crippen MR) is 280 cm³/mol. The monoisotopic (exact) mass is 868 g/mol. The average molecular weight is 869 g/mol. The minimum atomic E-state index is -0.164. The fourth-order valence-corrected chi connectivity index (χ4v) is 12.9. The van der Waals surface area contributed by atoms with Crippen LogP contribution >= 0.6 is 0 Å². The molecular weight excluding hydrogens is 819 g/mol. The molecule has 0 N–H and O–H groups in total. The van der Waals surface area contributed by atoms with Crippen LogP contribution in [0, 0.1) is 6.92 Å². The summed E-state index contributed by atoms with van der Waals surface area (Å²) >= 11 is 0. The number of anilines is 2. The van der Waals surface area contributed by atoms with E-state index < -0.39 is 0 Å². The summed E-state index contributed by atoms with van der Waals surface area (Å²) in [4.78, 5) is 2.65. The highest BCUT2D eigenvalue weighted by molar-refractivity contribution is 6.94. The van der Waals surface area contributed by atoms with Crippen LogP contribution in [0.15, 0.2) is 141 Å². The number of hydrogen-bond acceptors (Lipinski definition) is 4. The maximum atomic E-state index is 7.05. The van der Waals surface area contributed by atoms with Crippen LogP contribution in [-0.2, 0) is 16.2 Å². The van der Waals surface area contributed by atoms with E-state index in [1.54, 1.807) is 0 Å². The normalized spacial score (nSPS) is 16.1. The second-order valence-corrected chi connectivity index (χ2v) is 22.4. The molecule has 0 fully saturated rings. The molecule has 0 bridgehead atoms. The van der Waals surface area contributed by atoms with Gasteiger partial charge in [0.1, 0.15) is 33.5 Å². The van der Waals surface area contributed by atoms with Crippen LogP contribution in [0.5, 0.6) is 0 Å². The standard InChI is InChI=1S/C61H49BN2O3/c1-32-23-42-37-28-52-41(38-24-44-45(30-54(38)67-52)61(7,8)22-21-60(44,5)6)27-48(37)64(34-19-17-33(18-20-34)59(2,3)4)62-46-25-39-35-13-9-11-15-50(35)66-55(39)31-49(46)63-47-26-40-36-14-10-12-16-51(36)65-53(40)29-43(47)56(32)58(63)57(42)62/h9-20,23-31H,21-22H2,1-8H3. The molecule has 0 saturated carbocycles. The largest absolute Gasteiger partial charge is 0.456 e. The van der Waals surface area contributed by atoms with Crippen LogP contribution in [0.2, 0.25) is 0 Å².